The molecule has 0 radical (unpaired) electrons. The molecule has 0 atom stereocenters. The van der Waals surface area contributed by atoms with Crippen LogP contribution in [0.25, 0.3) is 11.1 Å². The highest BCUT2D eigenvalue weighted by molar-refractivity contribution is 5.71. The van der Waals surface area contributed by atoms with Gasteiger partial charge in [-0.1, -0.05) is 42.8 Å². The van der Waals surface area contributed by atoms with E-state index in [0.29, 0.717) is 0 Å². The maximum absolute atomic E-state index is 6.03. The summed E-state index contributed by atoms with van der Waals surface area (Å²) in [6.45, 7) is 0.730. The molecule has 2 heteroatoms. The van der Waals surface area contributed by atoms with Gasteiger partial charge >= 0.3 is 0 Å². The lowest BCUT2D eigenvalue weighted by Crippen LogP contribution is -2.41. The first-order valence-electron chi connectivity index (χ1n) is 7.23. The molecule has 20 heavy (non-hydrogen) atoms. The molecule has 0 amide bonds. The van der Waals surface area contributed by atoms with Gasteiger partial charge in [0, 0.05) is 17.5 Å². The van der Waals surface area contributed by atoms with Crippen LogP contribution in [-0.2, 0) is 5.41 Å². The Bertz CT molecular complexity index is 582. The molecular weight excluding hydrogens is 246 g/mol. The van der Waals surface area contributed by atoms with Crippen LogP contribution in [0, 0.1) is 0 Å². The normalized spacial score (nSPS) is 16.5. The van der Waals surface area contributed by atoms with Gasteiger partial charge in [0.05, 0.1) is 7.11 Å². The van der Waals surface area contributed by atoms with Gasteiger partial charge in [-0.05, 0) is 36.1 Å². The summed E-state index contributed by atoms with van der Waals surface area (Å²) in [4.78, 5) is 0. The first-order valence-corrected chi connectivity index (χ1v) is 7.23. The predicted octanol–water partition coefficient (Wildman–Crippen LogP) is 3.74. The molecule has 2 aromatic rings. The molecule has 3 rings (SSSR count). The molecule has 0 unspecified atom stereocenters. The van der Waals surface area contributed by atoms with E-state index in [9.17, 15) is 0 Å². The third-order valence-corrected chi connectivity index (χ3v) is 4.60. The minimum Gasteiger partial charge on any atom is -0.496 e. The van der Waals surface area contributed by atoms with Crippen LogP contribution in [0.4, 0.5) is 0 Å². The number of rotatable bonds is 4. The van der Waals surface area contributed by atoms with E-state index in [1.54, 1.807) is 7.11 Å². The third kappa shape index (κ3) is 2.10. The lowest BCUT2D eigenvalue weighted by atomic mass is 9.64. The van der Waals surface area contributed by atoms with Gasteiger partial charge in [-0.2, -0.15) is 0 Å². The quantitative estimate of drug-likeness (QED) is 0.915. The second kappa shape index (κ2) is 5.29. The highest BCUT2D eigenvalue weighted by Crippen LogP contribution is 2.45. The molecule has 0 heterocycles. The van der Waals surface area contributed by atoms with E-state index in [4.69, 9.17) is 10.5 Å². The van der Waals surface area contributed by atoms with Gasteiger partial charge in [-0.25, -0.2) is 0 Å². The monoisotopic (exact) mass is 267 g/mol. The zero-order valence-corrected chi connectivity index (χ0v) is 11.9. The maximum atomic E-state index is 6.03. The predicted molar refractivity (Wildman–Crippen MR) is 83.0 cm³/mol. The molecule has 0 aromatic heterocycles. The number of benzene rings is 2. The van der Waals surface area contributed by atoms with Crippen molar-refractivity contribution in [2.75, 3.05) is 13.7 Å². The first kappa shape index (κ1) is 13.2. The highest BCUT2D eigenvalue weighted by atomic mass is 16.5. The van der Waals surface area contributed by atoms with Crippen LogP contribution in [0.15, 0.2) is 48.5 Å². The Balaban J connectivity index is 2.08. The topological polar surface area (TPSA) is 35.2 Å². The Kier molecular flexibility index (Phi) is 3.49. The zero-order valence-electron chi connectivity index (χ0n) is 11.9. The molecule has 104 valence electrons. The van der Waals surface area contributed by atoms with Crippen molar-refractivity contribution in [1.82, 2.24) is 0 Å². The average Bonchev–Trinajstić information content (AvgIpc) is 2.47. The molecule has 0 aliphatic heterocycles. The van der Waals surface area contributed by atoms with Crippen LogP contribution >= 0.6 is 0 Å². The molecule has 2 N–H and O–H groups in total. The van der Waals surface area contributed by atoms with E-state index >= 15 is 0 Å². The second-order valence-electron chi connectivity index (χ2n) is 5.62. The molecule has 0 spiro atoms. The minimum atomic E-state index is 0.190. The molecule has 0 saturated heterocycles. The summed E-state index contributed by atoms with van der Waals surface area (Å²) in [6, 6.07) is 16.9. The number of nitrogens with two attached hydrogens (primary N) is 1. The fraction of sp³-hybridized carbons (Fsp3) is 0.333. The van der Waals surface area contributed by atoms with E-state index in [1.807, 2.05) is 6.07 Å². The number of hydrogen-bond donors (Lipinski definition) is 1. The van der Waals surface area contributed by atoms with Crippen molar-refractivity contribution in [3.8, 4) is 16.9 Å². The highest BCUT2D eigenvalue weighted by Gasteiger charge is 2.37. The van der Waals surface area contributed by atoms with Crippen LogP contribution in [0.5, 0.6) is 5.75 Å². The Hall–Kier alpha value is -1.80. The van der Waals surface area contributed by atoms with E-state index < -0.39 is 0 Å². The van der Waals surface area contributed by atoms with Crippen LogP contribution in [-0.4, -0.2) is 13.7 Å². The minimum absolute atomic E-state index is 0.190. The first-order chi connectivity index (χ1) is 9.79. The van der Waals surface area contributed by atoms with Gasteiger partial charge < -0.3 is 10.5 Å². The van der Waals surface area contributed by atoms with Gasteiger partial charge in [0.1, 0.15) is 5.75 Å². The van der Waals surface area contributed by atoms with E-state index in [1.165, 1.54) is 30.4 Å². The SMILES string of the molecule is COc1ccc(C2(CN)CCC2)cc1-c1ccccc1. The summed E-state index contributed by atoms with van der Waals surface area (Å²) >= 11 is 0. The molecule has 1 aliphatic carbocycles. The molecule has 0 bridgehead atoms. The number of hydrogen-bond acceptors (Lipinski definition) is 2. The molecule has 2 aromatic carbocycles. The van der Waals surface area contributed by atoms with Gasteiger partial charge in [0.15, 0.2) is 0 Å². The van der Waals surface area contributed by atoms with Crippen molar-refractivity contribution >= 4 is 0 Å². The molecule has 1 fully saturated rings. The molecular formula is C18H21NO. The lowest BCUT2D eigenvalue weighted by Gasteiger charge is -2.41. The van der Waals surface area contributed by atoms with E-state index in [2.05, 4.69) is 42.5 Å². The molecule has 1 saturated carbocycles. The Morgan fingerprint density at radius 3 is 2.40 bits per heavy atom. The van der Waals surface area contributed by atoms with Crippen molar-refractivity contribution in [2.24, 2.45) is 5.73 Å². The standard InChI is InChI=1S/C18H21NO/c1-20-17-9-8-15(18(13-19)10-5-11-18)12-16(17)14-6-3-2-4-7-14/h2-4,6-9,12H,5,10-11,13,19H2,1H3. The van der Waals surface area contributed by atoms with Crippen molar-refractivity contribution in [2.45, 2.75) is 24.7 Å². The van der Waals surface area contributed by atoms with Gasteiger partial charge in [0.2, 0.25) is 0 Å². The van der Waals surface area contributed by atoms with E-state index in [-0.39, 0.29) is 5.41 Å². The van der Waals surface area contributed by atoms with Crippen molar-refractivity contribution in [1.29, 1.82) is 0 Å². The largest absolute Gasteiger partial charge is 0.496 e. The summed E-state index contributed by atoms with van der Waals surface area (Å²) in [5.41, 5.74) is 9.92. The lowest BCUT2D eigenvalue weighted by molar-refractivity contribution is 0.253. The number of ether oxygens (including phenoxy) is 1. The van der Waals surface area contributed by atoms with Crippen molar-refractivity contribution < 1.29 is 4.74 Å². The summed E-state index contributed by atoms with van der Waals surface area (Å²) < 4.78 is 5.52. The fourth-order valence-corrected chi connectivity index (χ4v) is 3.10. The third-order valence-electron chi connectivity index (χ3n) is 4.60. The maximum Gasteiger partial charge on any atom is 0.126 e. The smallest absolute Gasteiger partial charge is 0.126 e. The van der Waals surface area contributed by atoms with Crippen molar-refractivity contribution in [3.05, 3.63) is 54.1 Å². The van der Waals surface area contributed by atoms with Gasteiger partial charge in [-0.3, -0.25) is 0 Å². The van der Waals surface area contributed by atoms with Gasteiger partial charge in [-0.15, -0.1) is 0 Å². The van der Waals surface area contributed by atoms with Crippen LogP contribution in [0.2, 0.25) is 0 Å². The summed E-state index contributed by atoms with van der Waals surface area (Å²) in [5.74, 6) is 0.923. The van der Waals surface area contributed by atoms with Crippen LogP contribution in [0.1, 0.15) is 24.8 Å². The summed E-state index contributed by atoms with van der Waals surface area (Å²) in [7, 11) is 1.73. The Labute approximate surface area is 120 Å². The Morgan fingerprint density at radius 1 is 1.10 bits per heavy atom. The van der Waals surface area contributed by atoms with Gasteiger partial charge in [0.25, 0.3) is 0 Å². The fourth-order valence-electron chi connectivity index (χ4n) is 3.10. The van der Waals surface area contributed by atoms with Crippen LogP contribution in [0.3, 0.4) is 0 Å². The molecule has 1 aliphatic rings. The second-order valence-corrected chi connectivity index (χ2v) is 5.62. The summed E-state index contributed by atoms with van der Waals surface area (Å²) in [5, 5.41) is 0. The zero-order chi connectivity index (χ0) is 14.0. The van der Waals surface area contributed by atoms with Crippen LogP contribution < -0.4 is 10.5 Å². The van der Waals surface area contributed by atoms with E-state index in [0.717, 1.165) is 17.9 Å². The Morgan fingerprint density at radius 2 is 1.85 bits per heavy atom. The summed E-state index contributed by atoms with van der Waals surface area (Å²) in [6.07, 6.45) is 3.68. The average molecular weight is 267 g/mol. The van der Waals surface area contributed by atoms with Crippen molar-refractivity contribution in [3.63, 3.8) is 0 Å². The molecule has 2 nitrogen and oxygen atoms in total. The number of methoxy groups -OCH3 is 1.